The minimum absolute atomic E-state index is 0.178. The summed E-state index contributed by atoms with van der Waals surface area (Å²) >= 11 is 5.98. The van der Waals surface area contributed by atoms with E-state index in [0.717, 1.165) is 11.1 Å². The number of nitrogens with one attached hydrogen (secondary N) is 1. The van der Waals surface area contributed by atoms with E-state index < -0.39 is 5.92 Å². The zero-order valence-electron chi connectivity index (χ0n) is 19.5. The summed E-state index contributed by atoms with van der Waals surface area (Å²) in [6.45, 7) is 0.823. The van der Waals surface area contributed by atoms with Gasteiger partial charge in [0.15, 0.2) is 11.5 Å². The van der Waals surface area contributed by atoms with Crippen molar-refractivity contribution in [2.75, 3.05) is 27.3 Å². The third-order valence-corrected chi connectivity index (χ3v) is 6.50. The highest BCUT2D eigenvalue weighted by Crippen LogP contribution is 2.42. The predicted molar refractivity (Wildman–Crippen MR) is 131 cm³/mol. The van der Waals surface area contributed by atoms with Gasteiger partial charge in [-0.1, -0.05) is 35.9 Å². The lowest BCUT2D eigenvalue weighted by atomic mass is 9.87. The molecule has 0 unspecified atom stereocenters. The maximum Gasteiger partial charge on any atom is 0.253 e. The highest BCUT2D eigenvalue weighted by atomic mass is 35.5. The van der Waals surface area contributed by atoms with E-state index in [1.807, 2.05) is 12.1 Å². The molecule has 0 bridgehead atoms. The van der Waals surface area contributed by atoms with Crippen LogP contribution in [0.3, 0.4) is 0 Å². The number of carbonyl (C=O) groups is 2. The Morgan fingerprint density at radius 1 is 1.00 bits per heavy atom. The van der Waals surface area contributed by atoms with E-state index in [2.05, 4.69) is 5.32 Å². The molecule has 1 aliphatic rings. The molecule has 1 aliphatic heterocycles. The summed E-state index contributed by atoms with van der Waals surface area (Å²) in [5, 5.41) is 3.49. The number of rotatable bonds is 7. The number of likely N-dealkylation sites (tertiary alicyclic amines) is 1. The quantitative estimate of drug-likeness (QED) is 0.516. The van der Waals surface area contributed by atoms with Crippen LogP contribution in [0.25, 0.3) is 0 Å². The van der Waals surface area contributed by atoms with E-state index in [1.165, 1.54) is 12.1 Å². The highest BCUT2D eigenvalue weighted by Gasteiger charge is 2.42. The Morgan fingerprint density at radius 2 is 1.71 bits per heavy atom. The lowest BCUT2D eigenvalue weighted by Gasteiger charge is -2.21. The molecule has 3 aromatic rings. The summed E-state index contributed by atoms with van der Waals surface area (Å²) < 4.78 is 24.3. The molecule has 1 heterocycles. The Morgan fingerprint density at radius 3 is 2.37 bits per heavy atom. The third-order valence-electron chi connectivity index (χ3n) is 6.25. The number of carbonyl (C=O) groups excluding carboxylic acids is 2. The number of methoxy groups -OCH3 is 2. The first-order chi connectivity index (χ1) is 16.9. The summed E-state index contributed by atoms with van der Waals surface area (Å²) in [6.07, 6.45) is 0. The van der Waals surface area contributed by atoms with E-state index in [0.29, 0.717) is 28.6 Å². The fourth-order valence-corrected chi connectivity index (χ4v) is 4.58. The standard InChI is InChI=1S/C27H26ClFN2O4/c1-34-24-5-3-4-21(25(24)35-2)22-15-31(27(33)18-8-10-19(28)11-9-18)16-23(22)26(32)30-14-17-6-12-20(29)13-7-17/h3-13,22-23H,14-16H2,1-2H3,(H,30,32)/t22-,23+/m1/s1. The number of nitrogens with zero attached hydrogens (tertiary/aromatic N) is 1. The van der Waals surface area contributed by atoms with E-state index in [1.54, 1.807) is 61.6 Å². The zero-order valence-corrected chi connectivity index (χ0v) is 20.2. The second-order valence-electron chi connectivity index (χ2n) is 8.36. The minimum Gasteiger partial charge on any atom is -0.493 e. The van der Waals surface area contributed by atoms with Crippen molar-refractivity contribution in [1.29, 1.82) is 0 Å². The maximum absolute atomic E-state index is 13.4. The molecule has 1 saturated heterocycles. The number of hydrogen-bond acceptors (Lipinski definition) is 4. The molecule has 35 heavy (non-hydrogen) atoms. The molecule has 1 fully saturated rings. The summed E-state index contributed by atoms with van der Waals surface area (Å²) in [5.74, 6) is -0.456. The summed E-state index contributed by atoms with van der Waals surface area (Å²) in [5.41, 5.74) is 2.07. The van der Waals surface area contributed by atoms with Crippen LogP contribution in [0.5, 0.6) is 11.5 Å². The van der Waals surface area contributed by atoms with Crippen molar-refractivity contribution in [2.45, 2.75) is 12.5 Å². The Bertz CT molecular complexity index is 1200. The van der Waals surface area contributed by atoms with Crippen LogP contribution in [-0.4, -0.2) is 44.0 Å². The van der Waals surface area contributed by atoms with Crippen LogP contribution in [0.15, 0.2) is 66.7 Å². The minimum atomic E-state index is -0.521. The molecule has 1 N–H and O–H groups in total. The largest absolute Gasteiger partial charge is 0.493 e. The van der Waals surface area contributed by atoms with Crippen molar-refractivity contribution in [2.24, 2.45) is 5.92 Å². The van der Waals surface area contributed by atoms with Crippen molar-refractivity contribution in [3.63, 3.8) is 0 Å². The number of benzene rings is 3. The van der Waals surface area contributed by atoms with Gasteiger partial charge in [0.1, 0.15) is 5.82 Å². The maximum atomic E-state index is 13.4. The molecule has 6 nitrogen and oxygen atoms in total. The fourth-order valence-electron chi connectivity index (χ4n) is 4.45. The van der Waals surface area contributed by atoms with Crippen molar-refractivity contribution in [3.05, 3.63) is 94.3 Å². The molecule has 182 valence electrons. The molecule has 0 aromatic heterocycles. The Balaban J connectivity index is 1.61. The molecule has 0 saturated carbocycles. The molecule has 0 radical (unpaired) electrons. The van der Waals surface area contributed by atoms with Gasteiger partial charge in [-0.15, -0.1) is 0 Å². The Hall–Kier alpha value is -3.58. The van der Waals surface area contributed by atoms with Gasteiger partial charge in [-0.3, -0.25) is 9.59 Å². The number of hydrogen-bond donors (Lipinski definition) is 1. The van der Waals surface area contributed by atoms with Crippen LogP contribution in [0.2, 0.25) is 5.02 Å². The van der Waals surface area contributed by atoms with Crippen molar-refractivity contribution in [1.82, 2.24) is 10.2 Å². The summed E-state index contributed by atoms with van der Waals surface area (Å²) in [6, 6.07) is 18.2. The molecule has 3 aromatic carbocycles. The van der Waals surface area contributed by atoms with Gasteiger partial charge in [-0.05, 0) is 48.0 Å². The van der Waals surface area contributed by atoms with Gasteiger partial charge >= 0.3 is 0 Å². The molecule has 0 spiro atoms. The molecular formula is C27H26ClFN2O4. The summed E-state index contributed by atoms with van der Waals surface area (Å²) in [4.78, 5) is 28.3. The lowest BCUT2D eigenvalue weighted by Crippen LogP contribution is -2.35. The smallest absolute Gasteiger partial charge is 0.253 e. The second-order valence-corrected chi connectivity index (χ2v) is 8.79. The number of ether oxygens (including phenoxy) is 2. The van der Waals surface area contributed by atoms with Crippen molar-refractivity contribution >= 4 is 23.4 Å². The first kappa shape index (κ1) is 24.5. The van der Waals surface area contributed by atoms with Crippen LogP contribution >= 0.6 is 11.6 Å². The predicted octanol–water partition coefficient (Wildman–Crippen LogP) is 4.67. The van der Waals surface area contributed by atoms with Gasteiger partial charge in [0.2, 0.25) is 5.91 Å². The van der Waals surface area contributed by atoms with Crippen LogP contribution in [0, 0.1) is 11.7 Å². The lowest BCUT2D eigenvalue weighted by molar-refractivity contribution is -0.125. The topological polar surface area (TPSA) is 67.9 Å². The van der Waals surface area contributed by atoms with E-state index in [9.17, 15) is 14.0 Å². The first-order valence-corrected chi connectivity index (χ1v) is 11.6. The fraction of sp³-hybridized carbons (Fsp3) is 0.259. The van der Waals surface area contributed by atoms with Crippen LogP contribution in [0.4, 0.5) is 4.39 Å². The second kappa shape index (κ2) is 10.8. The van der Waals surface area contributed by atoms with Gasteiger partial charge in [-0.25, -0.2) is 4.39 Å². The molecule has 8 heteroatoms. The SMILES string of the molecule is COc1cccc([C@H]2CN(C(=O)c3ccc(Cl)cc3)C[C@@H]2C(=O)NCc2ccc(F)cc2)c1OC. The Kier molecular flexibility index (Phi) is 7.56. The van der Waals surface area contributed by atoms with Gasteiger partial charge < -0.3 is 19.7 Å². The third kappa shape index (κ3) is 5.41. The molecular weight excluding hydrogens is 471 g/mol. The van der Waals surface area contributed by atoms with Gasteiger partial charge in [0, 0.05) is 41.7 Å². The molecule has 4 rings (SSSR count). The number of para-hydroxylation sites is 1. The van der Waals surface area contributed by atoms with Crippen LogP contribution in [0.1, 0.15) is 27.4 Å². The van der Waals surface area contributed by atoms with Gasteiger partial charge in [0.25, 0.3) is 5.91 Å². The average molecular weight is 497 g/mol. The Labute approximate surface area is 208 Å². The normalized spacial score (nSPS) is 17.2. The number of halogens is 2. The summed E-state index contributed by atoms with van der Waals surface area (Å²) in [7, 11) is 3.11. The van der Waals surface area contributed by atoms with Crippen molar-refractivity contribution in [3.8, 4) is 11.5 Å². The first-order valence-electron chi connectivity index (χ1n) is 11.2. The van der Waals surface area contributed by atoms with Gasteiger partial charge in [-0.2, -0.15) is 0 Å². The van der Waals surface area contributed by atoms with E-state index >= 15 is 0 Å². The zero-order chi connectivity index (χ0) is 24.9. The van der Waals surface area contributed by atoms with Crippen molar-refractivity contribution < 1.29 is 23.5 Å². The van der Waals surface area contributed by atoms with Gasteiger partial charge in [0.05, 0.1) is 20.1 Å². The molecule has 2 amide bonds. The monoisotopic (exact) mass is 496 g/mol. The molecule has 2 atom stereocenters. The van der Waals surface area contributed by atoms with E-state index in [-0.39, 0.29) is 36.6 Å². The van der Waals surface area contributed by atoms with E-state index in [4.69, 9.17) is 21.1 Å². The molecule has 0 aliphatic carbocycles. The number of amides is 2. The average Bonchev–Trinajstić information content (AvgIpc) is 3.33. The van der Waals surface area contributed by atoms with Crippen LogP contribution in [-0.2, 0) is 11.3 Å². The van der Waals surface area contributed by atoms with Crippen LogP contribution < -0.4 is 14.8 Å². The highest BCUT2D eigenvalue weighted by molar-refractivity contribution is 6.30.